The summed E-state index contributed by atoms with van der Waals surface area (Å²) in [6.45, 7) is 1.85. The molecule has 1 saturated heterocycles. The SMILES string of the molecule is O=C(c1cnc(Nc2ccc3c(c2)OCO3)cn1)N1CCCC1. The highest BCUT2D eigenvalue weighted by Crippen LogP contribution is 2.34. The number of rotatable bonds is 3. The minimum absolute atomic E-state index is 0.0513. The van der Waals surface area contributed by atoms with Gasteiger partial charge in [0.25, 0.3) is 5.91 Å². The van der Waals surface area contributed by atoms with Gasteiger partial charge in [-0.1, -0.05) is 0 Å². The van der Waals surface area contributed by atoms with Gasteiger partial charge in [0.1, 0.15) is 11.5 Å². The van der Waals surface area contributed by atoms with Gasteiger partial charge >= 0.3 is 0 Å². The minimum Gasteiger partial charge on any atom is -0.454 e. The molecule has 2 aliphatic heterocycles. The third-order valence-corrected chi connectivity index (χ3v) is 3.91. The number of benzene rings is 1. The van der Waals surface area contributed by atoms with Crippen LogP contribution in [0.5, 0.6) is 11.5 Å². The van der Waals surface area contributed by atoms with E-state index in [9.17, 15) is 4.79 Å². The first-order valence-electron chi connectivity index (χ1n) is 7.57. The van der Waals surface area contributed by atoms with Gasteiger partial charge in [-0.3, -0.25) is 4.79 Å². The van der Waals surface area contributed by atoms with Crippen molar-refractivity contribution >= 4 is 17.4 Å². The summed E-state index contributed by atoms with van der Waals surface area (Å²) in [5.41, 5.74) is 1.20. The van der Waals surface area contributed by atoms with Crippen molar-refractivity contribution in [2.45, 2.75) is 12.8 Å². The van der Waals surface area contributed by atoms with Crippen molar-refractivity contribution < 1.29 is 14.3 Å². The zero-order valence-electron chi connectivity index (χ0n) is 12.5. The Kier molecular flexibility index (Phi) is 3.45. The fourth-order valence-electron chi connectivity index (χ4n) is 2.71. The quantitative estimate of drug-likeness (QED) is 0.936. The molecular weight excluding hydrogens is 296 g/mol. The van der Waals surface area contributed by atoms with Gasteiger partial charge in [0, 0.05) is 24.8 Å². The van der Waals surface area contributed by atoms with Crippen LogP contribution >= 0.6 is 0 Å². The number of nitrogens with zero attached hydrogens (tertiary/aromatic N) is 3. The van der Waals surface area contributed by atoms with Crippen molar-refractivity contribution in [3.8, 4) is 11.5 Å². The third kappa shape index (κ3) is 2.77. The summed E-state index contributed by atoms with van der Waals surface area (Å²) in [4.78, 5) is 22.5. The molecule has 0 aliphatic carbocycles. The number of ether oxygens (including phenoxy) is 2. The highest BCUT2D eigenvalue weighted by molar-refractivity contribution is 5.92. The molecule has 0 atom stereocenters. The number of hydrogen-bond acceptors (Lipinski definition) is 6. The number of hydrogen-bond donors (Lipinski definition) is 1. The van der Waals surface area contributed by atoms with E-state index in [1.165, 1.54) is 6.20 Å². The summed E-state index contributed by atoms with van der Waals surface area (Å²) in [5, 5.41) is 3.14. The Morgan fingerprint density at radius 2 is 1.91 bits per heavy atom. The smallest absolute Gasteiger partial charge is 0.274 e. The Morgan fingerprint density at radius 1 is 1.09 bits per heavy atom. The molecule has 1 aromatic carbocycles. The van der Waals surface area contributed by atoms with E-state index >= 15 is 0 Å². The summed E-state index contributed by atoms with van der Waals surface area (Å²) in [7, 11) is 0. The maximum Gasteiger partial charge on any atom is 0.274 e. The lowest BCUT2D eigenvalue weighted by molar-refractivity contribution is 0.0786. The van der Waals surface area contributed by atoms with Crippen LogP contribution in [0.4, 0.5) is 11.5 Å². The lowest BCUT2D eigenvalue weighted by Gasteiger charge is -2.14. The number of amides is 1. The van der Waals surface area contributed by atoms with E-state index in [2.05, 4.69) is 15.3 Å². The minimum atomic E-state index is -0.0513. The average molecular weight is 312 g/mol. The first kappa shape index (κ1) is 13.8. The summed E-state index contributed by atoms with van der Waals surface area (Å²) in [6, 6.07) is 5.55. The van der Waals surface area contributed by atoms with Crippen molar-refractivity contribution in [2.75, 3.05) is 25.2 Å². The molecule has 2 aromatic rings. The van der Waals surface area contributed by atoms with E-state index in [-0.39, 0.29) is 12.7 Å². The van der Waals surface area contributed by atoms with Crippen LogP contribution < -0.4 is 14.8 Å². The molecule has 3 heterocycles. The predicted molar refractivity (Wildman–Crippen MR) is 83.0 cm³/mol. The van der Waals surface area contributed by atoms with Crippen molar-refractivity contribution in [1.29, 1.82) is 0 Å². The number of carbonyl (C=O) groups is 1. The molecule has 0 radical (unpaired) electrons. The molecule has 1 amide bonds. The van der Waals surface area contributed by atoms with Crippen molar-refractivity contribution in [1.82, 2.24) is 14.9 Å². The second kappa shape index (κ2) is 5.75. The molecule has 7 nitrogen and oxygen atoms in total. The van der Waals surface area contributed by atoms with Crippen molar-refractivity contribution in [3.63, 3.8) is 0 Å². The Morgan fingerprint density at radius 3 is 2.70 bits per heavy atom. The van der Waals surface area contributed by atoms with Gasteiger partial charge in [-0.15, -0.1) is 0 Å². The zero-order chi connectivity index (χ0) is 15.6. The fraction of sp³-hybridized carbons (Fsp3) is 0.312. The number of nitrogens with one attached hydrogen (secondary N) is 1. The van der Waals surface area contributed by atoms with Gasteiger partial charge in [-0.05, 0) is 25.0 Å². The number of carbonyl (C=O) groups excluding carboxylic acids is 1. The summed E-state index contributed by atoms with van der Waals surface area (Å²) >= 11 is 0. The Balaban J connectivity index is 1.46. The van der Waals surface area contributed by atoms with E-state index in [0.717, 1.165) is 37.4 Å². The van der Waals surface area contributed by atoms with E-state index in [1.807, 2.05) is 23.1 Å². The van der Waals surface area contributed by atoms with Crippen molar-refractivity contribution in [3.05, 3.63) is 36.3 Å². The Bertz CT molecular complexity index is 727. The van der Waals surface area contributed by atoms with E-state index in [4.69, 9.17) is 9.47 Å². The first-order chi connectivity index (χ1) is 11.3. The second-order valence-corrected chi connectivity index (χ2v) is 5.48. The summed E-state index contributed by atoms with van der Waals surface area (Å²) in [6.07, 6.45) is 5.19. The van der Waals surface area contributed by atoms with Crippen molar-refractivity contribution in [2.24, 2.45) is 0 Å². The van der Waals surface area contributed by atoms with Crippen LogP contribution in [0.15, 0.2) is 30.6 Å². The van der Waals surface area contributed by atoms with Gasteiger partial charge in [0.05, 0.1) is 12.4 Å². The van der Waals surface area contributed by atoms with E-state index in [0.29, 0.717) is 17.3 Å². The van der Waals surface area contributed by atoms with Gasteiger partial charge in [-0.2, -0.15) is 0 Å². The number of anilines is 2. The molecule has 2 aliphatic rings. The van der Waals surface area contributed by atoms with Crippen LogP contribution in [0.2, 0.25) is 0 Å². The van der Waals surface area contributed by atoms with Gasteiger partial charge in [0.15, 0.2) is 11.5 Å². The molecule has 1 aromatic heterocycles. The number of aromatic nitrogens is 2. The standard InChI is InChI=1S/C16H16N4O3/c21-16(20-5-1-2-6-20)12-8-18-15(9-17-12)19-11-3-4-13-14(7-11)23-10-22-13/h3-4,7-9H,1-2,5-6,10H2,(H,18,19). The monoisotopic (exact) mass is 312 g/mol. The average Bonchev–Trinajstić information content (AvgIpc) is 3.26. The molecule has 0 unspecified atom stereocenters. The topological polar surface area (TPSA) is 76.6 Å². The second-order valence-electron chi connectivity index (χ2n) is 5.48. The lowest BCUT2D eigenvalue weighted by Crippen LogP contribution is -2.28. The van der Waals surface area contributed by atoms with Crippen LogP contribution in [0.25, 0.3) is 0 Å². The molecule has 4 rings (SSSR count). The van der Waals surface area contributed by atoms with Crippen LogP contribution in [-0.2, 0) is 0 Å². The largest absolute Gasteiger partial charge is 0.454 e. The molecule has 7 heteroatoms. The predicted octanol–water partition coefficient (Wildman–Crippen LogP) is 2.18. The Labute approximate surface area is 133 Å². The normalized spacial score (nSPS) is 15.7. The number of fused-ring (bicyclic) bond motifs is 1. The molecule has 0 saturated carbocycles. The first-order valence-corrected chi connectivity index (χ1v) is 7.57. The third-order valence-electron chi connectivity index (χ3n) is 3.91. The van der Waals surface area contributed by atoms with Crippen LogP contribution in [0.1, 0.15) is 23.3 Å². The van der Waals surface area contributed by atoms with Crippen LogP contribution in [0, 0.1) is 0 Å². The molecule has 1 fully saturated rings. The van der Waals surface area contributed by atoms with Gasteiger partial charge in [-0.25, -0.2) is 9.97 Å². The molecule has 0 spiro atoms. The highest BCUT2D eigenvalue weighted by Gasteiger charge is 2.20. The summed E-state index contributed by atoms with van der Waals surface area (Å²) < 4.78 is 10.6. The fourth-order valence-corrected chi connectivity index (χ4v) is 2.71. The van der Waals surface area contributed by atoms with Gasteiger partial charge in [0.2, 0.25) is 6.79 Å². The maximum absolute atomic E-state index is 12.2. The highest BCUT2D eigenvalue weighted by atomic mass is 16.7. The zero-order valence-corrected chi connectivity index (χ0v) is 12.5. The molecule has 23 heavy (non-hydrogen) atoms. The molecule has 118 valence electrons. The Hall–Kier alpha value is -2.83. The van der Waals surface area contributed by atoms with Crippen LogP contribution in [-0.4, -0.2) is 40.7 Å². The summed E-state index contributed by atoms with van der Waals surface area (Å²) in [5.74, 6) is 1.95. The number of likely N-dealkylation sites (tertiary alicyclic amines) is 1. The van der Waals surface area contributed by atoms with E-state index in [1.54, 1.807) is 6.20 Å². The maximum atomic E-state index is 12.2. The van der Waals surface area contributed by atoms with E-state index < -0.39 is 0 Å². The molecule has 0 bridgehead atoms. The molecular formula is C16H16N4O3. The lowest BCUT2D eigenvalue weighted by atomic mass is 10.3. The molecule has 1 N–H and O–H groups in total. The van der Waals surface area contributed by atoms with Crippen LogP contribution in [0.3, 0.4) is 0 Å². The van der Waals surface area contributed by atoms with Gasteiger partial charge < -0.3 is 19.7 Å².